The van der Waals surface area contributed by atoms with Crippen molar-refractivity contribution in [2.45, 2.75) is 38.1 Å². The smallest absolute Gasteiger partial charge is 0.126 e. The first-order chi connectivity index (χ1) is 7.20. The Balaban J connectivity index is 2.20. The van der Waals surface area contributed by atoms with Gasteiger partial charge in [0.05, 0.1) is 5.54 Å². The SMILES string of the molecule is CC1(N=C(N)c2ccccc2)CCCC1. The fourth-order valence-electron chi connectivity index (χ4n) is 2.21. The molecule has 0 atom stereocenters. The van der Waals surface area contributed by atoms with Crippen LogP contribution in [0.4, 0.5) is 0 Å². The van der Waals surface area contributed by atoms with Crippen LogP contribution in [-0.2, 0) is 0 Å². The zero-order valence-electron chi connectivity index (χ0n) is 9.24. The van der Waals surface area contributed by atoms with Crippen LogP contribution < -0.4 is 5.73 Å². The van der Waals surface area contributed by atoms with E-state index in [1.54, 1.807) is 0 Å². The van der Waals surface area contributed by atoms with Crippen LogP contribution in [0.3, 0.4) is 0 Å². The summed E-state index contributed by atoms with van der Waals surface area (Å²) < 4.78 is 0. The molecule has 0 heterocycles. The first kappa shape index (κ1) is 10.2. The first-order valence-corrected chi connectivity index (χ1v) is 5.60. The summed E-state index contributed by atoms with van der Waals surface area (Å²) in [6.45, 7) is 2.20. The normalized spacial score (nSPS) is 20.5. The molecule has 0 bridgehead atoms. The standard InChI is InChI=1S/C13H18N2/c1-13(9-5-6-10-13)15-12(14)11-7-3-2-4-8-11/h2-4,7-8H,5-6,9-10H2,1H3,(H2,14,15). The number of rotatable bonds is 2. The summed E-state index contributed by atoms with van der Waals surface area (Å²) in [4.78, 5) is 4.67. The van der Waals surface area contributed by atoms with Crippen LogP contribution in [0.25, 0.3) is 0 Å². The van der Waals surface area contributed by atoms with Crippen molar-refractivity contribution in [1.29, 1.82) is 0 Å². The van der Waals surface area contributed by atoms with E-state index in [1.807, 2.05) is 30.3 Å². The summed E-state index contributed by atoms with van der Waals surface area (Å²) >= 11 is 0. The van der Waals surface area contributed by atoms with Gasteiger partial charge < -0.3 is 5.73 Å². The topological polar surface area (TPSA) is 38.4 Å². The van der Waals surface area contributed by atoms with Crippen molar-refractivity contribution in [2.75, 3.05) is 0 Å². The Morgan fingerprint density at radius 2 is 1.80 bits per heavy atom. The predicted molar refractivity (Wildman–Crippen MR) is 64.0 cm³/mol. The maximum atomic E-state index is 6.01. The number of nitrogens with two attached hydrogens (primary N) is 1. The molecule has 0 amide bonds. The van der Waals surface area contributed by atoms with Crippen molar-refractivity contribution in [3.05, 3.63) is 35.9 Å². The summed E-state index contributed by atoms with van der Waals surface area (Å²) in [6, 6.07) is 10.0. The highest BCUT2D eigenvalue weighted by Gasteiger charge is 2.28. The summed E-state index contributed by atoms with van der Waals surface area (Å²) in [5, 5.41) is 0. The van der Waals surface area contributed by atoms with Gasteiger partial charge in [0.25, 0.3) is 0 Å². The molecule has 0 aromatic heterocycles. The lowest BCUT2D eigenvalue weighted by Crippen LogP contribution is -2.24. The Bertz CT molecular complexity index is 348. The van der Waals surface area contributed by atoms with Crippen molar-refractivity contribution in [1.82, 2.24) is 0 Å². The van der Waals surface area contributed by atoms with E-state index in [-0.39, 0.29) is 5.54 Å². The maximum Gasteiger partial charge on any atom is 0.126 e. The minimum Gasteiger partial charge on any atom is -0.383 e. The van der Waals surface area contributed by atoms with Gasteiger partial charge in [0.15, 0.2) is 0 Å². The molecular weight excluding hydrogens is 184 g/mol. The van der Waals surface area contributed by atoms with Crippen molar-refractivity contribution < 1.29 is 0 Å². The number of amidine groups is 1. The minimum atomic E-state index is 0.0833. The van der Waals surface area contributed by atoms with Crippen LogP contribution in [0.2, 0.25) is 0 Å². The summed E-state index contributed by atoms with van der Waals surface area (Å²) in [5.41, 5.74) is 7.13. The van der Waals surface area contributed by atoms with E-state index >= 15 is 0 Å². The molecule has 1 aliphatic rings. The van der Waals surface area contributed by atoms with Gasteiger partial charge in [-0.3, -0.25) is 4.99 Å². The lowest BCUT2D eigenvalue weighted by atomic mass is 10.0. The number of nitrogens with zero attached hydrogens (tertiary/aromatic N) is 1. The molecule has 1 aliphatic carbocycles. The quantitative estimate of drug-likeness (QED) is 0.581. The third-order valence-corrected chi connectivity index (χ3v) is 3.14. The number of hydrogen-bond acceptors (Lipinski definition) is 1. The highest BCUT2D eigenvalue weighted by atomic mass is 14.9. The lowest BCUT2D eigenvalue weighted by Gasteiger charge is -2.18. The number of hydrogen-bond donors (Lipinski definition) is 1. The van der Waals surface area contributed by atoms with Gasteiger partial charge in [-0.25, -0.2) is 0 Å². The molecule has 2 rings (SSSR count). The molecule has 0 saturated heterocycles. The molecule has 0 radical (unpaired) electrons. The van der Waals surface area contributed by atoms with E-state index in [2.05, 4.69) is 11.9 Å². The van der Waals surface area contributed by atoms with Gasteiger partial charge in [0, 0.05) is 5.56 Å². The molecule has 1 fully saturated rings. The van der Waals surface area contributed by atoms with Gasteiger partial charge in [-0.2, -0.15) is 0 Å². The molecule has 2 N–H and O–H groups in total. The van der Waals surface area contributed by atoms with E-state index in [1.165, 1.54) is 25.7 Å². The van der Waals surface area contributed by atoms with Gasteiger partial charge in [-0.1, -0.05) is 43.2 Å². The van der Waals surface area contributed by atoms with Gasteiger partial charge >= 0.3 is 0 Å². The molecule has 1 saturated carbocycles. The summed E-state index contributed by atoms with van der Waals surface area (Å²) in [6.07, 6.45) is 4.89. The first-order valence-electron chi connectivity index (χ1n) is 5.60. The molecule has 0 spiro atoms. The fraction of sp³-hybridized carbons (Fsp3) is 0.462. The second-order valence-corrected chi connectivity index (χ2v) is 4.57. The second-order valence-electron chi connectivity index (χ2n) is 4.57. The molecule has 2 nitrogen and oxygen atoms in total. The van der Waals surface area contributed by atoms with Crippen LogP contribution in [-0.4, -0.2) is 11.4 Å². The summed E-state index contributed by atoms with van der Waals surface area (Å²) in [7, 11) is 0. The molecule has 80 valence electrons. The molecule has 1 aromatic carbocycles. The average molecular weight is 202 g/mol. The monoisotopic (exact) mass is 202 g/mol. The van der Waals surface area contributed by atoms with E-state index in [4.69, 9.17) is 5.73 Å². The van der Waals surface area contributed by atoms with Crippen LogP contribution in [0.15, 0.2) is 35.3 Å². The average Bonchev–Trinajstić information content (AvgIpc) is 2.66. The third-order valence-electron chi connectivity index (χ3n) is 3.14. The van der Waals surface area contributed by atoms with Crippen LogP contribution in [0, 0.1) is 0 Å². The van der Waals surface area contributed by atoms with Crippen molar-refractivity contribution in [3.63, 3.8) is 0 Å². The number of benzene rings is 1. The van der Waals surface area contributed by atoms with Crippen molar-refractivity contribution in [3.8, 4) is 0 Å². The van der Waals surface area contributed by atoms with E-state index in [9.17, 15) is 0 Å². The Morgan fingerprint density at radius 1 is 1.20 bits per heavy atom. The molecule has 2 heteroatoms. The van der Waals surface area contributed by atoms with Crippen molar-refractivity contribution >= 4 is 5.84 Å². The molecule has 0 aliphatic heterocycles. The lowest BCUT2D eigenvalue weighted by molar-refractivity contribution is 0.491. The highest BCUT2D eigenvalue weighted by Crippen LogP contribution is 2.32. The molecule has 0 unspecified atom stereocenters. The minimum absolute atomic E-state index is 0.0833. The van der Waals surface area contributed by atoms with Gasteiger partial charge in [-0.05, 0) is 19.8 Å². The zero-order chi connectivity index (χ0) is 10.7. The van der Waals surface area contributed by atoms with Crippen LogP contribution >= 0.6 is 0 Å². The van der Waals surface area contributed by atoms with E-state index in [0.29, 0.717) is 5.84 Å². The second kappa shape index (κ2) is 4.05. The number of aliphatic imine (C=N–C) groups is 1. The Hall–Kier alpha value is -1.31. The zero-order valence-corrected chi connectivity index (χ0v) is 9.24. The predicted octanol–water partition coefficient (Wildman–Crippen LogP) is 2.72. The Labute approximate surface area is 91.2 Å². The molecular formula is C13H18N2. The summed E-state index contributed by atoms with van der Waals surface area (Å²) in [5.74, 6) is 0.681. The maximum absolute atomic E-state index is 6.01. The van der Waals surface area contributed by atoms with Crippen molar-refractivity contribution in [2.24, 2.45) is 10.7 Å². The molecule has 15 heavy (non-hydrogen) atoms. The fourth-order valence-corrected chi connectivity index (χ4v) is 2.21. The Kier molecular flexibility index (Phi) is 2.76. The largest absolute Gasteiger partial charge is 0.383 e. The van der Waals surface area contributed by atoms with Crippen LogP contribution in [0.5, 0.6) is 0 Å². The van der Waals surface area contributed by atoms with Gasteiger partial charge in [0.1, 0.15) is 5.84 Å². The Morgan fingerprint density at radius 3 is 2.40 bits per heavy atom. The van der Waals surface area contributed by atoms with E-state index in [0.717, 1.165) is 5.56 Å². The van der Waals surface area contributed by atoms with E-state index < -0.39 is 0 Å². The third kappa shape index (κ3) is 2.38. The van der Waals surface area contributed by atoms with Crippen LogP contribution in [0.1, 0.15) is 38.2 Å². The van der Waals surface area contributed by atoms with Gasteiger partial charge in [-0.15, -0.1) is 0 Å². The highest BCUT2D eigenvalue weighted by molar-refractivity contribution is 5.97. The molecule has 1 aromatic rings. The van der Waals surface area contributed by atoms with Gasteiger partial charge in [0.2, 0.25) is 0 Å².